The van der Waals surface area contributed by atoms with Crippen molar-refractivity contribution in [2.45, 2.75) is 38.6 Å². The summed E-state index contributed by atoms with van der Waals surface area (Å²) >= 11 is 0. The largest absolute Gasteiger partial charge is 0.383 e. The fourth-order valence-electron chi connectivity index (χ4n) is 3.55. The van der Waals surface area contributed by atoms with Crippen LogP contribution in [0.25, 0.3) is 0 Å². The minimum atomic E-state index is -0.212. The Kier molecular flexibility index (Phi) is 5.74. The lowest BCUT2D eigenvalue weighted by Gasteiger charge is -2.40. The molecule has 5 nitrogen and oxygen atoms in total. The molecule has 1 N–H and O–H groups in total. The molecule has 2 fully saturated rings. The van der Waals surface area contributed by atoms with Gasteiger partial charge in [-0.3, -0.25) is 9.59 Å². The first-order valence-electron chi connectivity index (χ1n) is 9.23. The summed E-state index contributed by atoms with van der Waals surface area (Å²) in [6.45, 7) is 3.80. The average Bonchev–Trinajstić information content (AvgIpc) is 3.43. The molecule has 1 saturated heterocycles. The van der Waals surface area contributed by atoms with E-state index in [1.54, 1.807) is 7.11 Å². The number of benzene rings is 1. The molecular weight excluding hydrogens is 316 g/mol. The highest BCUT2D eigenvalue weighted by Crippen LogP contribution is 2.37. The van der Waals surface area contributed by atoms with Crippen molar-refractivity contribution in [3.05, 3.63) is 35.4 Å². The van der Waals surface area contributed by atoms with Crippen LogP contribution in [0.15, 0.2) is 24.3 Å². The molecular formula is C20H28N2O3. The van der Waals surface area contributed by atoms with E-state index in [0.717, 1.165) is 12.1 Å². The number of hydrogen-bond donors (Lipinski definition) is 1. The summed E-state index contributed by atoms with van der Waals surface area (Å²) in [7, 11) is 1.63. The molecule has 0 bridgehead atoms. The van der Waals surface area contributed by atoms with Crippen molar-refractivity contribution >= 4 is 11.8 Å². The Morgan fingerprint density at radius 3 is 2.60 bits per heavy atom. The van der Waals surface area contributed by atoms with Gasteiger partial charge in [-0.2, -0.15) is 0 Å². The molecule has 1 aromatic rings. The van der Waals surface area contributed by atoms with E-state index in [2.05, 4.69) is 5.32 Å². The van der Waals surface area contributed by atoms with Gasteiger partial charge < -0.3 is 15.0 Å². The van der Waals surface area contributed by atoms with E-state index in [-0.39, 0.29) is 23.8 Å². The van der Waals surface area contributed by atoms with Gasteiger partial charge in [0.2, 0.25) is 11.8 Å². The zero-order valence-corrected chi connectivity index (χ0v) is 15.2. The van der Waals surface area contributed by atoms with Gasteiger partial charge in [0.05, 0.1) is 18.6 Å². The van der Waals surface area contributed by atoms with Crippen LogP contribution in [0.2, 0.25) is 0 Å². The summed E-state index contributed by atoms with van der Waals surface area (Å²) in [6.07, 6.45) is 3.46. The molecule has 1 saturated carbocycles. The number of amides is 2. The van der Waals surface area contributed by atoms with E-state index in [0.29, 0.717) is 31.9 Å². The van der Waals surface area contributed by atoms with Crippen LogP contribution in [0.3, 0.4) is 0 Å². The zero-order chi connectivity index (χ0) is 17.8. The Morgan fingerprint density at radius 2 is 1.96 bits per heavy atom. The van der Waals surface area contributed by atoms with Crippen molar-refractivity contribution in [2.75, 3.05) is 26.8 Å². The van der Waals surface area contributed by atoms with Crippen LogP contribution in [-0.2, 0) is 14.3 Å². The molecule has 2 aliphatic rings. The number of likely N-dealkylation sites (tertiary alicyclic amines) is 1. The van der Waals surface area contributed by atoms with Crippen LogP contribution in [0.1, 0.15) is 42.9 Å². The number of methoxy groups -OCH3 is 1. The van der Waals surface area contributed by atoms with E-state index in [9.17, 15) is 9.59 Å². The van der Waals surface area contributed by atoms with Crippen molar-refractivity contribution < 1.29 is 14.3 Å². The minimum Gasteiger partial charge on any atom is -0.383 e. The predicted octanol–water partition coefficient (Wildman–Crippen LogP) is 2.45. The van der Waals surface area contributed by atoms with Gasteiger partial charge in [-0.15, -0.1) is 0 Å². The minimum absolute atomic E-state index is 0.0763. The lowest BCUT2D eigenvalue weighted by molar-refractivity contribution is -0.144. The van der Waals surface area contributed by atoms with Gasteiger partial charge in [0, 0.05) is 26.6 Å². The zero-order valence-electron chi connectivity index (χ0n) is 15.2. The third-order valence-electron chi connectivity index (χ3n) is 5.26. The number of nitrogens with one attached hydrogen (secondary N) is 1. The van der Waals surface area contributed by atoms with Crippen molar-refractivity contribution in [2.24, 2.45) is 11.8 Å². The smallest absolute Gasteiger partial charge is 0.225 e. The van der Waals surface area contributed by atoms with Crippen molar-refractivity contribution in [3.8, 4) is 0 Å². The number of ether oxygens (including phenoxy) is 1. The number of nitrogens with zero attached hydrogens (tertiary/aromatic N) is 1. The summed E-state index contributed by atoms with van der Waals surface area (Å²) in [5.74, 6) is 0.633. The van der Waals surface area contributed by atoms with E-state index in [1.807, 2.05) is 36.1 Å². The molecule has 3 rings (SSSR count). The second-order valence-electron chi connectivity index (χ2n) is 7.27. The van der Waals surface area contributed by atoms with Crippen molar-refractivity contribution in [1.82, 2.24) is 10.2 Å². The SMILES string of the molecule is COCCN1C(=O)CCC(C(=O)NCC2CC2)C1c1ccc(C)cc1. The molecule has 1 aromatic carbocycles. The lowest BCUT2D eigenvalue weighted by Crippen LogP contribution is -2.49. The van der Waals surface area contributed by atoms with Crippen molar-refractivity contribution in [1.29, 1.82) is 0 Å². The maximum atomic E-state index is 12.8. The highest BCUT2D eigenvalue weighted by Gasteiger charge is 2.40. The van der Waals surface area contributed by atoms with Gasteiger partial charge >= 0.3 is 0 Å². The van der Waals surface area contributed by atoms with Crippen molar-refractivity contribution in [3.63, 3.8) is 0 Å². The van der Waals surface area contributed by atoms with Gasteiger partial charge in [0.15, 0.2) is 0 Å². The molecule has 2 amide bonds. The maximum Gasteiger partial charge on any atom is 0.225 e. The Hall–Kier alpha value is -1.88. The molecule has 0 spiro atoms. The Balaban J connectivity index is 1.83. The van der Waals surface area contributed by atoms with Gasteiger partial charge in [-0.05, 0) is 37.7 Å². The molecule has 5 heteroatoms. The highest BCUT2D eigenvalue weighted by atomic mass is 16.5. The van der Waals surface area contributed by atoms with E-state index in [4.69, 9.17) is 4.74 Å². The number of piperidine rings is 1. The summed E-state index contributed by atoms with van der Waals surface area (Å²) in [4.78, 5) is 27.2. The molecule has 25 heavy (non-hydrogen) atoms. The number of aryl methyl sites for hydroxylation is 1. The van der Waals surface area contributed by atoms with Crippen LogP contribution in [0.4, 0.5) is 0 Å². The summed E-state index contributed by atoms with van der Waals surface area (Å²) in [5.41, 5.74) is 2.20. The van der Waals surface area contributed by atoms with E-state index in [1.165, 1.54) is 18.4 Å². The van der Waals surface area contributed by atoms with Gasteiger partial charge in [0.25, 0.3) is 0 Å². The van der Waals surface area contributed by atoms with Gasteiger partial charge in [-0.25, -0.2) is 0 Å². The second-order valence-corrected chi connectivity index (χ2v) is 7.27. The maximum absolute atomic E-state index is 12.8. The van der Waals surface area contributed by atoms with E-state index < -0.39 is 0 Å². The van der Waals surface area contributed by atoms with Crippen LogP contribution in [-0.4, -0.2) is 43.5 Å². The highest BCUT2D eigenvalue weighted by molar-refractivity contribution is 5.85. The average molecular weight is 344 g/mol. The summed E-state index contributed by atoms with van der Waals surface area (Å²) < 4.78 is 5.18. The summed E-state index contributed by atoms with van der Waals surface area (Å²) in [6, 6.07) is 7.96. The molecule has 1 heterocycles. The fraction of sp³-hybridized carbons (Fsp3) is 0.600. The summed E-state index contributed by atoms with van der Waals surface area (Å²) in [5, 5.41) is 3.11. The molecule has 136 valence electrons. The quantitative estimate of drug-likeness (QED) is 0.826. The number of carbonyl (C=O) groups excluding carboxylic acids is 2. The first kappa shape index (κ1) is 17.9. The Morgan fingerprint density at radius 1 is 1.24 bits per heavy atom. The lowest BCUT2D eigenvalue weighted by atomic mass is 9.83. The topological polar surface area (TPSA) is 58.6 Å². The molecule has 1 aliphatic heterocycles. The molecule has 0 radical (unpaired) electrons. The third-order valence-corrected chi connectivity index (χ3v) is 5.26. The van der Waals surface area contributed by atoms with Crippen LogP contribution in [0, 0.1) is 18.8 Å². The predicted molar refractivity (Wildman–Crippen MR) is 96.0 cm³/mol. The first-order chi connectivity index (χ1) is 12.1. The van der Waals surface area contributed by atoms with E-state index >= 15 is 0 Å². The Bertz CT molecular complexity index is 610. The standard InChI is InChI=1S/C20H28N2O3/c1-14-3-7-16(8-4-14)19-17(20(24)21-13-15-5-6-15)9-10-18(23)22(19)11-12-25-2/h3-4,7-8,15,17,19H,5-6,9-13H2,1-2H3,(H,21,24). The normalized spacial score (nSPS) is 23.6. The fourth-order valence-corrected chi connectivity index (χ4v) is 3.55. The molecule has 0 aromatic heterocycles. The van der Waals surface area contributed by atoms with Crippen LogP contribution < -0.4 is 5.32 Å². The monoisotopic (exact) mass is 344 g/mol. The number of hydrogen-bond acceptors (Lipinski definition) is 3. The van der Waals surface area contributed by atoms with Gasteiger partial charge in [0.1, 0.15) is 0 Å². The second kappa shape index (κ2) is 8.00. The Labute approximate surface area is 149 Å². The third kappa shape index (κ3) is 4.40. The van der Waals surface area contributed by atoms with Crippen LogP contribution in [0.5, 0.6) is 0 Å². The van der Waals surface area contributed by atoms with Crippen LogP contribution >= 0.6 is 0 Å². The molecule has 2 unspecified atom stereocenters. The molecule has 2 atom stereocenters. The molecule has 1 aliphatic carbocycles. The number of carbonyl (C=O) groups is 2. The van der Waals surface area contributed by atoms with Gasteiger partial charge in [-0.1, -0.05) is 29.8 Å². The number of rotatable bonds is 7. The first-order valence-corrected chi connectivity index (χ1v) is 9.23.